The van der Waals surface area contributed by atoms with Crippen LogP contribution in [-0.2, 0) is 0 Å². The largest absolute Gasteiger partial charge is 0.309 e. The van der Waals surface area contributed by atoms with Gasteiger partial charge in [0.15, 0.2) is 0 Å². The van der Waals surface area contributed by atoms with E-state index in [2.05, 4.69) is 71.3 Å². The Balaban J connectivity index is 2.04. The van der Waals surface area contributed by atoms with Gasteiger partial charge in [0.25, 0.3) is 0 Å². The van der Waals surface area contributed by atoms with Gasteiger partial charge in [-0.15, -0.1) is 0 Å². The average Bonchev–Trinajstić information content (AvgIpc) is 2.96. The maximum atomic E-state index is 6.03. The lowest BCUT2D eigenvalue weighted by Crippen LogP contribution is -1.96. The zero-order chi connectivity index (χ0) is 14.9. The van der Waals surface area contributed by atoms with Gasteiger partial charge in [0.2, 0.25) is 0 Å². The fraction of sp³-hybridized carbons (Fsp3) is 0. The molecule has 0 amide bonds. The maximum Gasteiger partial charge on any atom is 0.0541 e. The summed E-state index contributed by atoms with van der Waals surface area (Å²) in [4.78, 5) is 0. The summed E-state index contributed by atoms with van der Waals surface area (Å²) < 4.78 is 2.29. The molecule has 0 fully saturated rings. The summed E-state index contributed by atoms with van der Waals surface area (Å²) in [7, 11) is 0. The molecule has 0 saturated heterocycles. The number of hydrogen-bond donors (Lipinski definition) is 0. The fourth-order valence-corrected chi connectivity index (χ4v) is 2.97. The molecule has 2 heteroatoms. The van der Waals surface area contributed by atoms with Gasteiger partial charge in [-0.2, -0.15) is 0 Å². The third kappa shape index (κ3) is 2.20. The molecule has 0 atom stereocenters. The molecule has 0 aliphatic heterocycles. The number of hydrogen-bond acceptors (Lipinski definition) is 0. The highest BCUT2D eigenvalue weighted by Gasteiger charge is 2.11. The first-order chi connectivity index (χ1) is 10.8. The van der Waals surface area contributed by atoms with Gasteiger partial charge < -0.3 is 4.57 Å². The minimum Gasteiger partial charge on any atom is -0.309 e. The standard InChI is InChI=1S/C20H14ClN/c21-17-12-10-15(11-13-17)20-14-16-6-4-5-9-19(16)22(20)18-7-2-1-3-8-18/h1-14H. The first kappa shape index (κ1) is 13.2. The van der Waals surface area contributed by atoms with Crippen LogP contribution in [0.5, 0.6) is 0 Å². The summed E-state index contributed by atoms with van der Waals surface area (Å²) in [5.41, 5.74) is 4.70. The maximum absolute atomic E-state index is 6.03. The fourth-order valence-electron chi connectivity index (χ4n) is 2.84. The van der Waals surface area contributed by atoms with Crippen LogP contribution in [0.3, 0.4) is 0 Å². The lowest BCUT2D eigenvalue weighted by Gasteiger charge is -2.11. The normalized spacial score (nSPS) is 11.0. The highest BCUT2D eigenvalue weighted by molar-refractivity contribution is 6.30. The molecule has 0 bridgehead atoms. The Hall–Kier alpha value is -2.51. The van der Waals surface area contributed by atoms with Gasteiger partial charge in [-0.05, 0) is 42.0 Å². The molecule has 0 saturated carbocycles. The Kier molecular flexibility index (Phi) is 3.21. The third-order valence-electron chi connectivity index (χ3n) is 3.87. The minimum atomic E-state index is 0.756. The second-order valence-corrected chi connectivity index (χ2v) is 5.70. The van der Waals surface area contributed by atoms with E-state index in [-0.39, 0.29) is 0 Å². The summed E-state index contributed by atoms with van der Waals surface area (Å²) in [6.45, 7) is 0. The number of benzene rings is 3. The predicted octanol–water partition coefficient (Wildman–Crippen LogP) is 5.95. The smallest absolute Gasteiger partial charge is 0.0541 e. The van der Waals surface area contributed by atoms with Crippen molar-refractivity contribution in [1.29, 1.82) is 0 Å². The molecule has 0 unspecified atom stereocenters. The Bertz CT molecular complexity index is 921. The van der Waals surface area contributed by atoms with Crippen LogP contribution in [0.2, 0.25) is 5.02 Å². The van der Waals surface area contributed by atoms with Gasteiger partial charge in [-0.25, -0.2) is 0 Å². The molecular formula is C20H14ClN. The van der Waals surface area contributed by atoms with Crippen molar-refractivity contribution in [1.82, 2.24) is 4.57 Å². The van der Waals surface area contributed by atoms with Gasteiger partial charge in [0.05, 0.1) is 11.2 Å². The van der Waals surface area contributed by atoms with Crippen LogP contribution in [0.15, 0.2) is 84.9 Å². The van der Waals surface area contributed by atoms with Gasteiger partial charge >= 0.3 is 0 Å². The molecular weight excluding hydrogens is 290 g/mol. The molecule has 1 heterocycles. The van der Waals surface area contributed by atoms with Gasteiger partial charge in [0.1, 0.15) is 0 Å². The quantitative estimate of drug-likeness (QED) is 0.431. The monoisotopic (exact) mass is 303 g/mol. The second-order valence-electron chi connectivity index (χ2n) is 5.27. The molecule has 4 rings (SSSR count). The van der Waals surface area contributed by atoms with Gasteiger partial charge in [-0.1, -0.05) is 60.1 Å². The van der Waals surface area contributed by atoms with Crippen LogP contribution in [0.1, 0.15) is 0 Å². The number of nitrogens with zero attached hydrogens (tertiary/aromatic N) is 1. The Labute approximate surface area is 134 Å². The van der Waals surface area contributed by atoms with Gasteiger partial charge in [-0.3, -0.25) is 0 Å². The summed E-state index contributed by atoms with van der Waals surface area (Å²) in [5, 5.41) is 1.99. The summed E-state index contributed by atoms with van der Waals surface area (Å²) in [5.74, 6) is 0. The van der Waals surface area contributed by atoms with E-state index in [0.717, 1.165) is 16.3 Å². The Morgan fingerprint density at radius 3 is 2.14 bits per heavy atom. The van der Waals surface area contributed by atoms with Crippen molar-refractivity contribution < 1.29 is 0 Å². The van der Waals surface area contributed by atoms with Crippen LogP contribution >= 0.6 is 11.6 Å². The molecule has 3 aromatic carbocycles. The van der Waals surface area contributed by atoms with Crippen molar-refractivity contribution in [3.8, 4) is 16.9 Å². The van der Waals surface area contributed by atoms with Crippen molar-refractivity contribution >= 4 is 22.5 Å². The topological polar surface area (TPSA) is 4.93 Å². The number of halogens is 1. The number of rotatable bonds is 2. The van der Waals surface area contributed by atoms with Crippen LogP contribution in [0.25, 0.3) is 27.8 Å². The summed E-state index contributed by atoms with van der Waals surface area (Å²) in [6, 6.07) is 29.1. The van der Waals surface area contributed by atoms with E-state index in [1.54, 1.807) is 0 Å². The lowest BCUT2D eigenvalue weighted by molar-refractivity contribution is 1.13. The second kappa shape index (κ2) is 5.36. The van der Waals surface area contributed by atoms with Gasteiger partial charge in [0, 0.05) is 16.1 Å². The van der Waals surface area contributed by atoms with Crippen LogP contribution in [0.4, 0.5) is 0 Å². The van der Waals surface area contributed by atoms with Crippen molar-refractivity contribution in [2.45, 2.75) is 0 Å². The van der Waals surface area contributed by atoms with Crippen LogP contribution < -0.4 is 0 Å². The zero-order valence-corrected chi connectivity index (χ0v) is 12.7. The molecule has 22 heavy (non-hydrogen) atoms. The lowest BCUT2D eigenvalue weighted by atomic mass is 10.1. The predicted molar refractivity (Wildman–Crippen MR) is 93.7 cm³/mol. The number of aromatic nitrogens is 1. The van der Waals surface area contributed by atoms with Crippen molar-refractivity contribution in [2.24, 2.45) is 0 Å². The molecule has 0 aliphatic carbocycles. The Morgan fingerprint density at radius 2 is 1.36 bits per heavy atom. The van der Waals surface area contributed by atoms with Crippen molar-refractivity contribution in [3.63, 3.8) is 0 Å². The highest BCUT2D eigenvalue weighted by atomic mass is 35.5. The molecule has 0 spiro atoms. The van der Waals surface area contributed by atoms with E-state index < -0.39 is 0 Å². The first-order valence-corrected chi connectivity index (χ1v) is 7.62. The summed E-state index contributed by atoms with van der Waals surface area (Å²) in [6.07, 6.45) is 0. The first-order valence-electron chi connectivity index (χ1n) is 7.25. The average molecular weight is 304 g/mol. The minimum absolute atomic E-state index is 0.756. The molecule has 0 radical (unpaired) electrons. The van der Waals surface area contributed by atoms with Crippen LogP contribution in [0, 0.1) is 0 Å². The molecule has 4 aromatic rings. The van der Waals surface area contributed by atoms with E-state index >= 15 is 0 Å². The molecule has 1 aromatic heterocycles. The highest BCUT2D eigenvalue weighted by Crippen LogP contribution is 2.31. The van der Waals surface area contributed by atoms with E-state index in [4.69, 9.17) is 11.6 Å². The van der Waals surface area contributed by atoms with Crippen molar-refractivity contribution in [3.05, 3.63) is 90.0 Å². The summed E-state index contributed by atoms with van der Waals surface area (Å²) >= 11 is 6.03. The third-order valence-corrected chi connectivity index (χ3v) is 4.12. The van der Waals surface area contributed by atoms with Crippen molar-refractivity contribution in [2.75, 3.05) is 0 Å². The molecule has 106 valence electrons. The molecule has 0 N–H and O–H groups in total. The van der Waals surface area contributed by atoms with E-state index in [1.165, 1.54) is 16.6 Å². The van der Waals surface area contributed by atoms with E-state index in [0.29, 0.717) is 0 Å². The number of para-hydroxylation sites is 2. The number of fused-ring (bicyclic) bond motifs is 1. The molecule has 0 aliphatic rings. The van der Waals surface area contributed by atoms with E-state index in [1.807, 2.05) is 18.2 Å². The SMILES string of the molecule is Clc1ccc(-c2cc3ccccc3n2-c2ccccc2)cc1. The molecule has 1 nitrogen and oxygen atoms in total. The Morgan fingerprint density at radius 1 is 0.682 bits per heavy atom. The zero-order valence-electron chi connectivity index (χ0n) is 11.9. The van der Waals surface area contributed by atoms with E-state index in [9.17, 15) is 0 Å². The van der Waals surface area contributed by atoms with Crippen LogP contribution in [-0.4, -0.2) is 4.57 Å².